The Labute approximate surface area is 121 Å². The van der Waals surface area contributed by atoms with Crippen molar-refractivity contribution >= 4 is 5.91 Å². The highest BCUT2D eigenvalue weighted by atomic mass is 16.2. The van der Waals surface area contributed by atoms with Crippen molar-refractivity contribution in [3.63, 3.8) is 0 Å². The van der Waals surface area contributed by atoms with E-state index >= 15 is 0 Å². The molecule has 20 heavy (non-hydrogen) atoms. The molecule has 112 valence electrons. The summed E-state index contributed by atoms with van der Waals surface area (Å²) in [6.07, 6.45) is 1.68. The Kier molecular flexibility index (Phi) is 7.05. The number of hydrogen-bond donors (Lipinski definition) is 1. The number of nitrogens with zero attached hydrogens (tertiary/aromatic N) is 4. The highest BCUT2D eigenvalue weighted by molar-refractivity contribution is 5.97. The van der Waals surface area contributed by atoms with Gasteiger partial charge in [0, 0.05) is 58.6 Å². The maximum absolute atomic E-state index is 12.3. The van der Waals surface area contributed by atoms with Crippen molar-refractivity contribution < 1.29 is 4.79 Å². The second-order valence-corrected chi connectivity index (χ2v) is 4.80. The predicted octanol–water partition coefficient (Wildman–Crippen LogP) is -0.161. The minimum absolute atomic E-state index is 0.160. The van der Waals surface area contributed by atoms with Crippen LogP contribution in [0, 0.1) is 11.3 Å². The molecule has 0 aromatic heterocycles. The Balaban J connectivity index is 2.63. The first kappa shape index (κ1) is 16.5. The first-order chi connectivity index (χ1) is 9.65. The smallest absolute Gasteiger partial charge is 0.266 e. The largest absolute Gasteiger partial charge is 0.377 e. The summed E-state index contributed by atoms with van der Waals surface area (Å²) in [6, 6.07) is 2.03. The Morgan fingerprint density at radius 3 is 2.35 bits per heavy atom. The SMILES string of the molecule is CCN(/C=C(/C#N)C(=O)N1CCN(CCN)CC1)CC. The van der Waals surface area contributed by atoms with Crippen LogP contribution in [-0.2, 0) is 4.79 Å². The van der Waals surface area contributed by atoms with Crippen molar-refractivity contribution in [3.8, 4) is 6.07 Å². The molecule has 1 rings (SSSR count). The van der Waals surface area contributed by atoms with Crippen LogP contribution in [-0.4, -0.2) is 73.0 Å². The molecule has 0 aromatic carbocycles. The molecule has 0 radical (unpaired) electrons. The van der Waals surface area contributed by atoms with Gasteiger partial charge in [-0.25, -0.2) is 0 Å². The Morgan fingerprint density at radius 1 is 1.30 bits per heavy atom. The molecule has 0 spiro atoms. The monoisotopic (exact) mass is 279 g/mol. The van der Waals surface area contributed by atoms with Gasteiger partial charge in [-0.15, -0.1) is 0 Å². The predicted molar refractivity (Wildman–Crippen MR) is 78.7 cm³/mol. The molecule has 1 fully saturated rings. The van der Waals surface area contributed by atoms with E-state index in [1.807, 2.05) is 24.8 Å². The maximum atomic E-state index is 12.3. The average molecular weight is 279 g/mol. The van der Waals surface area contributed by atoms with Crippen LogP contribution in [0.5, 0.6) is 0 Å². The number of amides is 1. The van der Waals surface area contributed by atoms with Crippen LogP contribution < -0.4 is 5.73 Å². The van der Waals surface area contributed by atoms with Gasteiger partial charge >= 0.3 is 0 Å². The molecule has 0 aliphatic carbocycles. The fraction of sp³-hybridized carbons (Fsp3) is 0.714. The van der Waals surface area contributed by atoms with Crippen molar-refractivity contribution in [3.05, 3.63) is 11.8 Å². The van der Waals surface area contributed by atoms with E-state index in [-0.39, 0.29) is 11.5 Å². The van der Waals surface area contributed by atoms with Gasteiger partial charge in [0.1, 0.15) is 11.6 Å². The molecular weight excluding hydrogens is 254 g/mol. The van der Waals surface area contributed by atoms with E-state index in [0.29, 0.717) is 19.6 Å². The van der Waals surface area contributed by atoms with Crippen LogP contribution in [0.2, 0.25) is 0 Å². The number of nitriles is 1. The van der Waals surface area contributed by atoms with E-state index in [1.54, 1.807) is 11.1 Å². The van der Waals surface area contributed by atoms with E-state index in [4.69, 9.17) is 5.73 Å². The second-order valence-electron chi connectivity index (χ2n) is 4.80. The summed E-state index contributed by atoms with van der Waals surface area (Å²) in [5.41, 5.74) is 5.75. The van der Waals surface area contributed by atoms with Gasteiger partial charge < -0.3 is 15.5 Å². The first-order valence-corrected chi connectivity index (χ1v) is 7.23. The fourth-order valence-corrected chi connectivity index (χ4v) is 2.25. The van der Waals surface area contributed by atoms with E-state index in [1.165, 1.54) is 0 Å². The summed E-state index contributed by atoms with van der Waals surface area (Å²) in [5, 5.41) is 9.18. The molecule has 0 aromatic rings. The van der Waals surface area contributed by atoms with Gasteiger partial charge in [-0.1, -0.05) is 0 Å². The van der Waals surface area contributed by atoms with Gasteiger partial charge in [-0.3, -0.25) is 9.69 Å². The highest BCUT2D eigenvalue weighted by Crippen LogP contribution is 2.08. The van der Waals surface area contributed by atoms with Crippen LogP contribution >= 0.6 is 0 Å². The lowest BCUT2D eigenvalue weighted by atomic mass is 10.2. The third kappa shape index (κ3) is 4.51. The molecule has 0 bridgehead atoms. The number of nitrogens with two attached hydrogens (primary N) is 1. The second kappa shape index (κ2) is 8.56. The number of piperazine rings is 1. The van der Waals surface area contributed by atoms with E-state index < -0.39 is 0 Å². The third-order valence-electron chi connectivity index (χ3n) is 3.58. The van der Waals surface area contributed by atoms with Crippen LogP contribution in [0.25, 0.3) is 0 Å². The molecule has 1 saturated heterocycles. The highest BCUT2D eigenvalue weighted by Gasteiger charge is 2.23. The minimum Gasteiger partial charge on any atom is -0.377 e. The summed E-state index contributed by atoms with van der Waals surface area (Å²) in [5.74, 6) is -0.160. The molecule has 1 amide bonds. The van der Waals surface area contributed by atoms with Crippen molar-refractivity contribution in [2.75, 3.05) is 52.4 Å². The summed E-state index contributed by atoms with van der Waals surface area (Å²) >= 11 is 0. The lowest BCUT2D eigenvalue weighted by Gasteiger charge is -2.34. The van der Waals surface area contributed by atoms with Crippen LogP contribution in [0.3, 0.4) is 0 Å². The zero-order chi connectivity index (χ0) is 15.0. The van der Waals surface area contributed by atoms with Crippen LogP contribution in [0.15, 0.2) is 11.8 Å². The summed E-state index contributed by atoms with van der Waals surface area (Å²) < 4.78 is 0. The van der Waals surface area contributed by atoms with E-state index in [0.717, 1.165) is 32.7 Å². The Hall–Kier alpha value is -1.58. The topological polar surface area (TPSA) is 76.6 Å². The van der Waals surface area contributed by atoms with Crippen LogP contribution in [0.1, 0.15) is 13.8 Å². The fourth-order valence-electron chi connectivity index (χ4n) is 2.25. The summed E-state index contributed by atoms with van der Waals surface area (Å²) in [7, 11) is 0. The van der Waals surface area contributed by atoms with E-state index in [2.05, 4.69) is 4.90 Å². The third-order valence-corrected chi connectivity index (χ3v) is 3.58. The molecule has 1 aliphatic heterocycles. The van der Waals surface area contributed by atoms with Gasteiger partial charge in [-0.05, 0) is 13.8 Å². The molecule has 6 nitrogen and oxygen atoms in total. The average Bonchev–Trinajstić information content (AvgIpc) is 2.49. The summed E-state index contributed by atoms with van der Waals surface area (Å²) in [6.45, 7) is 10.1. The maximum Gasteiger partial charge on any atom is 0.266 e. The Bertz CT molecular complexity index is 376. The van der Waals surface area contributed by atoms with Crippen molar-refractivity contribution in [2.45, 2.75) is 13.8 Å². The number of rotatable bonds is 6. The standard InChI is InChI=1S/C14H25N5O/c1-3-17(4-2)12-13(11-16)14(20)19-9-7-18(6-5-15)8-10-19/h12H,3-10,15H2,1-2H3/b13-12-. The number of carbonyl (C=O) groups excluding carboxylic acids is 1. The first-order valence-electron chi connectivity index (χ1n) is 7.23. The lowest BCUT2D eigenvalue weighted by molar-refractivity contribution is -0.128. The molecule has 6 heteroatoms. The molecule has 0 atom stereocenters. The number of carbonyl (C=O) groups is 1. The van der Waals surface area contributed by atoms with Crippen LogP contribution in [0.4, 0.5) is 0 Å². The quantitative estimate of drug-likeness (QED) is 0.540. The van der Waals surface area contributed by atoms with Crippen molar-refractivity contribution in [1.29, 1.82) is 5.26 Å². The van der Waals surface area contributed by atoms with Crippen molar-refractivity contribution in [2.24, 2.45) is 5.73 Å². The summed E-state index contributed by atoms with van der Waals surface area (Å²) in [4.78, 5) is 18.3. The normalized spacial score (nSPS) is 16.9. The Morgan fingerprint density at radius 2 is 1.90 bits per heavy atom. The molecule has 1 heterocycles. The molecule has 0 saturated carbocycles. The van der Waals surface area contributed by atoms with Gasteiger partial charge in [0.05, 0.1) is 0 Å². The molecule has 1 aliphatic rings. The van der Waals surface area contributed by atoms with Gasteiger partial charge in [0.2, 0.25) is 0 Å². The zero-order valence-electron chi connectivity index (χ0n) is 12.5. The van der Waals surface area contributed by atoms with Gasteiger partial charge in [-0.2, -0.15) is 5.26 Å². The van der Waals surface area contributed by atoms with Gasteiger partial charge in [0.15, 0.2) is 0 Å². The lowest BCUT2D eigenvalue weighted by Crippen LogP contribution is -2.50. The molecule has 0 unspecified atom stereocenters. The van der Waals surface area contributed by atoms with Gasteiger partial charge in [0.25, 0.3) is 5.91 Å². The van der Waals surface area contributed by atoms with Crippen molar-refractivity contribution in [1.82, 2.24) is 14.7 Å². The van der Waals surface area contributed by atoms with E-state index in [9.17, 15) is 10.1 Å². The molecule has 2 N–H and O–H groups in total. The zero-order valence-corrected chi connectivity index (χ0v) is 12.5. The number of hydrogen-bond acceptors (Lipinski definition) is 5. The molecular formula is C14H25N5O. The minimum atomic E-state index is -0.160.